The molecule has 4 N–H and O–H groups in total. The van der Waals surface area contributed by atoms with E-state index in [2.05, 4.69) is 19.7 Å². The SMILES string of the molecule is NCc1ncccc1S(=O)(=O)Nc1ncc[nH]1. The van der Waals surface area contributed by atoms with Crippen LogP contribution in [0.25, 0.3) is 0 Å². The van der Waals surface area contributed by atoms with Crippen LogP contribution in [0, 0.1) is 0 Å². The molecule has 2 rings (SSSR count). The minimum absolute atomic E-state index is 0.0508. The van der Waals surface area contributed by atoms with Gasteiger partial charge in [-0.05, 0) is 12.1 Å². The van der Waals surface area contributed by atoms with Gasteiger partial charge in [-0.1, -0.05) is 0 Å². The lowest BCUT2D eigenvalue weighted by Crippen LogP contribution is -2.17. The van der Waals surface area contributed by atoms with Gasteiger partial charge in [-0.25, -0.2) is 18.1 Å². The van der Waals surface area contributed by atoms with Crippen LogP contribution in [0.2, 0.25) is 0 Å². The van der Waals surface area contributed by atoms with E-state index in [1.54, 1.807) is 0 Å². The molecule has 2 aromatic rings. The van der Waals surface area contributed by atoms with E-state index < -0.39 is 10.0 Å². The molecule has 90 valence electrons. The molecule has 0 aromatic carbocycles. The Labute approximate surface area is 98.2 Å². The van der Waals surface area contributed by atoms with E-state index in [1.807, 2.05) is 0 Å². The molecular weight excluding hydrogens is 242 g/mol. The maximum Gasteiger partial charge on any atom is 0.266 e. The molecule has 7 nitrogen and oxygen atoms in total. The second kappa shape index (κ2) is 4.52. The number of sulfonamides is 1. The van der Waals surface area contributed by atoms with Crippen molar-refractivity contribution < 1.29 is 8.42 Å². The van der Waals surface area contributed by atoms with Crippen molar-refractivity contribution >= 4 is 16.0 Å². The smallest absolute Gasteiger partial charge is 0.266 e. The number of aromatic amines is 1. The van der Waals surface area contributed by atoms with Crippen molar-refractivity contribution in [1.29, 1.82) is 0 Å². The first-order valence-electron chi connectivity index (χ1n) is 4.79. The van der Waals surface area contributed by atoms with Crippen molar-refractivity contribution in [3.05, 3.63) is 36.4 Å². The molecule has 0 amide bonds. The summed E-state index contributed by atoms with van der Waals surface area (Å²) in [6.07, 6.45) is 4.46. The number of imidazole rings is 1. The highest BCUT2D eigenvalue weighted by molar-refractivity contribution is 7.92. The fourth-order valence-corrected chi connectivity index (χ4v) is 2.50. The Hall–Kier alpha value is -1.93. The molecule has 0 fully saturated rings. The highest BCUT2D eigenvalue weighted by Crippen LogP contribution is 2.15. The van der Waals surface area contributed by atoms with Gasteiger partial charge in [0.1, 0.15) is 4.90 Å². The predicted molar refractivity (Wildman–Crippen MR) is 61.5 cm³/mol. The number of pyridine rings is 1. The van der Waals surface area contributed by atoms with Crippen LogP contribution in [0.15, 0.2) is 35.6 Å². The minimum Gasteiger partial charge on any atom is -0.330 e. The van der Waals surface area contributed by atoms with Gasteiger partial charge in [0.05, 0.1) is 5.69 Å². The lowest BCUT2D eigenvalue weighted by atomic mass is 10.3. The summed E-state index contributed by atoms with van der Waals surface area (Å²) in [7, 11) is -3.71. The Morgan fingerprint density at radius 3 is 2.82 bits per heavy atom. The third kappa shape index (κ3) is 2.43. The molecule has 0 saturated heterocycles. The van der Waals surface area contributed by atoms with Crippen LogP contribution >= 0.6 is 0 Å². The third-order valence-corrected chi connectivity index (χ3v) is 3.47. The number of nitrogens with zero attached hydrogens (tertiary/aromatic N) is 2. The van der Waals surface area contributed by atoms with Gasteiger partial charge >= 0.3 is 0 Å². The molecule has 8 heteroatoms. The number of nitrogens with one attached hydrogen (secondary N) is 2. The molecule has 17 heavy (non-hydrogen) atoms. The van der Waals surface area contributed by atoms with Gasteiger partial charge in [-0.15, -0.1) is 0 Å². The highest BCUT2D eigenvalue weighted by Gasteiger charge is 2.19. The molecule has 0 aliphatic heterocycles. The first-order chi connectivity index (χ1) is 8.13. The van der Waals surface area contributed by atoms with Crippen molar-refractivity contribution in [2.24, 2.45) is 5.73 Å². The monoisotopic (exact) mass is 253 g/mol. The van der Waals surface area contributed by atoms with Gasteiger partial charge < -0.3 is 10.7 Å². The van der Waals surface area contributed by atoms with E-state index in [0.717, 1.165) is 0 Å². The van der Waals surface area contributed by atoms with Gasteiger partial charge in [-0.2, -0.15) is 0 Å². The fraction of sp³-hybridized carbons (Fsp3) is 0.111. The van der Waals surface area contributed by atoms with Crippen molar-refractivity contribution in [2.45, 2.75) is 11.4 Å². The quantitative estimate of drug-likeness (QED) is 0.713. The van der Waals surface area contributed by atoms with Crippen LogP contribution in [-0.2, 0) is 16.6 Å². The zero-order chi connectivity index (χ0) is 12.3. The average Bonchev–Trinajstić information content (AvgIpc) is 2.81. The Morgan fingerprint density at radius 1 is 1.35 bits per heavy atom. The molecule has 0 aliphatic carbocycles. The van der Waals surface area contributed by atoms with Crippen LogP contribution < -0.4 is 10.5 Å². The summed E-state index contributed by atoms with van der Waals surface area (Å²) < 4.78 is 26.3. The largest absolute Gasteiger partial charge is 0.330 e. The summed E-state index contributed by atoms with van der Waals surface area (Å²) >= 11 is 0. The topological polar surface area (TPSA) is 114 Å². The van der Waals surface area contributed by atoms with Crippen LogP contribution in [-0.4, -0.2) is 23.4 Å². The molecular formula is C9H11N5O2S. The van der Waals surface area contributed by atoms with E-state index in [9.17, 15) is 8.42 Å². The zero-order valence-corrected chi connectivity index (χ0v) is 9.61. The lowest BCUT2D eigenvalue weighted by Gasteiger charge is -2.08. The summed E-state index contributed by atoms with van der Waals surface area (Å²) in [5.41, 5.74) is 5.75. The van der Waals surface area contributed by atoms with Gasteiger partial charge in [0, 0.05) is 25.1 Å². The molecule has 0 radical (unpaired) electrons. The number of anilines is 1. The second-order valence-electron chi connectivity index (χ2n) is 3.20. The van der Waals surface area contributed by atoms with Crippen molar-refractivity contribution in [3.63, 3.8) is 0 Å². The van der Waals surface area contributed by atoms with Crippen LogP contribution in [0.5, 0.6) is 0 Å². The van der Waals surface area contributed by atoms with Crippen LogP contribution in [0.1, 0.15) is 5.69 Å². The average molecular weight is 253 g/mol. The number of hydrogen-bond acceptors (Lipinski definition) is 5. The molecule has 0 unspecified atom stereocenters. The van der Waals surface area contributed by atoms with Crippen LogP contribution in [0.3, 0.4) is 0 Å². The van der Waals surface area contributed by atoms with E-state index in [1.165, 1.54) is 30.7 Å². The first kappa shape index (κ1) is 11.6. The number of hydrogen-bond donors (Lipinski definition) is 3. The number of nitrogens with two attached hydrogens (primary N) is 1. The Balaban J connectivity index is 2.38. The summed E-state index contributed by atoms with van der Waals surface area (Å²) in [5, 5.41) is 0. The normalized spacial score (nSPS) is 11.4. The van der Waals surface area contributed by atoms with E-state index in [-0.39, 0.29) is 17.4 Å². The van der Waals surface area contributed by atoms with Gasteiger partial charge in [0.15, 0.2) is 0 Å². The van der Waals surface area contributed by atoms with Gasteiger partial charge in [0.25, 0.3) is 10.0 Å². The molecule has 0 bridgehead atoms. The Morgan fingerprint density at radius 2 is 2.18 bits per heavy atom. The van der Waals surface area contributed by atoms with Crippen LogP contribution in [0.4, 0.5) is 5.95 Å². The second-order valence-corrected chi connectivity index (χ2v) is 4.85. The van der Waals surface area contributed by atoms with Crippen molar-refractivity contribution in [2.75, 3.05) is 4.72 Å². The van der Waals surface area contributed by atoms with Crippen molar-refractivity contribution in [1.82, 2.24) is 15.0 Å². The maximum absolute atomic E-state index is 12.0. The molecule has 2 aromatic heterocycles. The number of aromatic nitrogens is 3. The standard InChI is InChI=1S/C9H11N5O2S/c10-6-7-8(2-1-3-11-7)17(15,16)14-9-12-4-5-13-9/h1-5H,6,10H2,(H2,12,13,14). The van der Waals surface area contributed by atoms with E-state index in [0.29, 0.717) is 5.69 Å². The first-order valence-corrected chi connectivity index (χ1v) is 6.28. The number of rotatable bonds is 4. The summed E-state index contributed by atoms with van der Waals surface area (Å²) in [6, 6.07) is 2.98. The van der Waals surface area contributed by atoms with E-state index >= 15 is 0 Å². The molecule has 0 atom stereocenters. The Kier molecular flexibility index (Phi) is 3.07. The van der Waals surface area contributed by atoms with Crippen molar-refractivity contribution in [3.8, 4) is 0 Å². The van der Waals surface area contributed by atoms with Gasteiger partial charge in [-0.3, -0.25) is 4.98 Å². The number of H-pyrrole nitrogens is 1. The fourth-order valence-electron chi connectivity index (χ4n) is 1.32. The molecule has 0 aliphatic rings. The predicted octanol–water partition coefficient (Wildman–Crippen LogP) is 0.0642. The Bertz CT molecular complexity index is 594. The van der Waals surface area contributed by atoms with E-state index in [4.69, 9.17) is 5.73 Å². The summed E-state index contributed by atoms with van der Waals surface area (Å²) in [4.78, 5) is 10.4. The third-order valence-electron chi connectivity index (χ3n) is 2.06. The molecule has 2 heterocycles. The zero-order valence-electron chi connectivity index (χ0n) is 8.79. The lowest BCUT2D eigenvalue weighted by molar-refractivity contribution is 0.599. The molecule has 0 saturated carbocycles. The molecule has 0 spiro atoms. The maximum atomic E-state index is 12.0. The van der Waals surface area contributed by atoms with Gasteiger partial charge in [0.2, 0.25) is 5.95 Å². The minimum atomic E-state index is -3.71. The summed E-state index contributed by atoms with van der Waals surface area (Å²) in [5.74, 6) is 0.150. The highest BCUT2D eigenvalue weighted by atomic mass is 32.2. The summed E-state index contributed by atoms with van der Waals surface area (Å²) in [6.45, 7) is 0.0508.